The largest absolute Gasteiger partial charge is 0.446 e. The third-order valence-electron chi connectivity index (χ3n) is 4.22. The van der Waals surface area contributed by atoms with Crippen LogP contribution >= 0.6 is 0 Å². The van der Waals surface area contributed by atoms with E-state index in [4.69, 9.17) is 4.74 Å². The van der Waals surface area contributed by atoms with E-state index in [1.165, 1.54) is 45.7 Å². The number of piperidine rings is 1. The molecule has 0 amide bonds. The molecule has 0 aromatic rings. The molecule has 0 radical (unpaired) electrons. The molecule has 1 heterocycles. The van der Waals surface area contributed by atoms with Crippen LogP contribution in [-0.4, -0.2) is 31.2 Å². The van der Waals surface area contributed by atoms with Crippen LogP contribution in [0.3, 0.4) is 0 Å². The summed E-state index contributed by atoms with van der Waals surface area (Å²) in [5, 5.41) is 0. The summed E-state index contributed by atoms with van der Waals surface area (Å²) in [6.45, 7) is 4.89. The SMILES string of the molecule is CC(=O)OC1(C#CC[NH+]2CCCCC2)CCCCC1. The van der Waals surface area contributed by atoms with Crippen LogP contribution in [0.15, 0.2) is 0 Å². The van der Waals surface area contributed by atoms with Gasteiger partial charge in [-0.1, -0.05) is 6.42 Å². The van der Waals surface area contributed by atoms with Crippen LogP contribution < -0.4 is 4.90 Å². The first-order chi connectivity index (χ1) is 9.20. The number of hydrogen-bond donors (Lipinski definition) is 1. The molecule has 1 saturated carbocycles. The fraction of sp³-hybridized carbons (Fsp3) is 0.812. The molecule has 106 valence electrons. The highest BCUT2D eigenvalue weighted by atomic mass is 16.6. The summed E-state index contributed by atoms with van der Waals surface area (Å²) in [6.07, 6.45) is 9.33. The fourth-order valence-corrected chi connectivity index (χ4v) is 3.21. The van der Waals surface area contributed by atoms with Gasteiger partial charge in [0.25, 0.3) is 0 Å². The number of esters is 1. The van der Waals surface area contributed by atoms with Crippen molar-refractivity contribution in [2.45, 2.75) is 63.9 Å². The Bertz CT molecular complexity index is 355. The van der Waals surface area contributed by atoms with Gasteiger partial charge in [0.1, 0.15) is 6.54 Å². The van der Waals surface area contributed by atoms with Crippen molar-refractivity contribution in [1.82, 2.24) is 0 Å². The van der Waals surface area contributed by atoms with Gasteiger partial charge in [-0.25, -0.2) is 0 Å². The Labute approximate surface area is 116 Å². The number of carbonyl (C=O) groups excluding carboxylic acids is 1. The van der Waals surface area contributed by atoms with Crippen LogP contribution in [0.4, 0.5) is 0 Å². The predicted molar refractivity (Wildman–Crippen MR) is 74.8 cm³/mol. The number of quaternary nitrogens is 1. The maximum atomic E-state index is 11.3. The predicted octanol–water partition coefficient (Wildman–Crippen LogP) is 1.32. The smallest absolute Gasteiger partial charge is 0.304 e. The first kappa shape index (κ1) is 14.4. The molecule has 1 N–H and O–H groups in total. The number of nitrogens with one attached hydrogen (secondary N) is 1. The van der Waals surface area contributed by atoms with E-state index in [2.05, 4.69) is 11.8 Å². The number of likely N-dealkylation sites (tertiary alicyclic amines) is 1. The lowest BCUT2D eigenvalue weighted by Crippen LogP contribution is -3.12. The van der Waals surface area contributed by atoms with Crippen LogP contribution in [-0.2, 0) is 9.53 Å². The van der Waals surface area contributed by atoms with Crippen molar-refractivity contribution in [1.29, 1.82) is 0 Å². The number of hydrogen-bond acceptors (Lipinski definition) is 2. The molecular formula is C16H26NO2+. The average Bonchev–Trinajstić information content (AvgIpc) is 2.40. The van der Waals surface area contributed by atoms with Gasteiger partial charge in [-0.05, 0) is 56.8 Å². The second kappa shape index (κ2) is 6.96. The van der Waals surface area contributed by atoms with Crippen LogP contribution in [0, 0.1) is 11.8 Å². The minimum atomic E-state index is -0.473. The number of ether oxygens (including phenoxy) is 1. The number of rotatable bonds is 2. The lowest BCUT2D eigenvalue weighted by atomic mass is 9.85. The van der Waals surface area contributed by atoms with Gasteiger partial charge in [-0.15, -0.1) is 0 Å². The minimum absolute atomic E-state index is 0.193. The lowest BCUT2D eigenvalue weighted by molar-refractivity contribution is -0.897. The average molecular weight is 264 g/mol. The van der Waals surface area contributed by atoms with Crippen molar-refractivity contribution in [2.75, 3.05) is 19.6 Å². The summed E-state index contributed by atoms with van der Waals surface area (Å²) in [4.78, 5) is 12.9. The normalized spacial score (nSPS) is 23.2. The van der Waals surface area contributed by atoms with Crippen LogP contribution in [0.1, 0.15) is 58.3 Å². The molecule has 0 spiro atoms. The van der Waals surface area contributed by atoms with Crippen LogP contribution in [0.5, 0.6) is 0 Å². The molecule has 2 aliphatic rings. The molecular weight excluding hydrogens is 238 g/mol. The minimum Gasteiger partial charge on any atom is -0.446 e. The second-order valence-electron chi connectivity index (χ2n) is 5.94. The molecule has 2 rings (SSSR count). The van der Waals surface area contributed by atoms with E-state index in [0.717, 1.165) is 32.2 Å². The van der Waals surface area contributed by atoms with Crippen molar-refractivity contribution < 1.29 is 14.4 Å². The first-order valence-corrected chi connectivity index (χ1v) is 7.73. The second-order valence-corrected chi connectivity index (χ2v) is 5.94. The van der Waals surface area contributed by atoms with Crippen LogP contribution in [0.25, 0.3) is 0 Å². The topological polar surface area (TPSA) is 30.7 Å². The lowest BCUT2D eigenvalue weighted by Gasteiger charge is -2.31. The van der Waals surface area contributed by atoms with Gasteiger partial charge in [0.15, 0.2) is 5.60 Å². The van der Waals surface area contributed by atoms with Crippen molar-refractivity contribution in [3.63, 3.8) is 0 Å². The Balaban J connectivity index is 1.93. The van der Waals surface area contributed by atoms with E-state index in [9.17, 15) is 4.79 Å². The first-order valence-electron chi connectivity index (χ1n) is 7.73. The summed E-state index contributed by atoms with van der Waals surface area (Å²) in [5.41, 5.74) is -0.473. The Morgan fingerprint density at radius 3 is 2.37 bits per heavy atom. The van der Waals surface area contributed by atoms with Crippen LogP contribution in [0.2, 0.25) is 0 Å². The Kier molecular flexibility index (Phi) is 5.27. The molecule has 0 aromatic heterocycles. The zero-order valence-electron chi connectivity index (χ0n) is 12.1. The van der Waals surface area contributed by atoms with Crippen molar-refractivity contribution >= 4 is 5.97 Å². The highest BCUT2D eigenvalue weighted by Gasteiger charge is 2.33. The van der Waals surface area contributed by atoms with E-state index >= 15 is 0 Å². The van der Waals surface area contributed by atoms with Gasteiger partial charge in [-0.2, -0.15) is 0 Å². The van der Waals surface area contributed by atoms with E-state index in [1.807, 2.05) is 0 Å². The van der Waals surface area contributed by atoms with Gasteiger partial charge < -0.3 is 9.64 Å². The Hall–Kier alpha value is -1.01. The van der Waals surface area contributed by atoms with Crippen molar-refractivity contribution in [3.05, 3.63) is 0 Å². The molecule has 3 heteroatoms. The van der Waals surface area contributed by atoms with Crippen molar-refractivity contribution in [3.8, 4) is 11.8 Å². The summed E-state index contributed by atoms with van der Waals surface area (Å²) in [6, 6.07) is 0. The van der Waals surface area contributed by atoms with E-state index in [0.29, 0.717) is 0 Å². The standard InChI is InChI=1S/C16H25NO2/c1-15(18)19-16(9-4-2-5-10-16)11-8-14-17-12-6-3-7-13-17/h2-7,9-10,12-14H2,1H3/p+1. The Morgan fingerprint density at radius 1 is 1.11 bits per heavy atom. The molecule has 1 aliphatic heterocycles. The number of carbonyl (C=O) groups is 1. The monoisotopic (exact) mass is 264 g/mol. The summed E-state index contributed by atoms with van der Waals surface area (Å²) in [7, 11) is 0. The van der Waals surface area contributed by atoms with Gasteiger partial charge in [0.05, 0.1) is 13.1 Å². The molecule has 2 fully saturated rings. The van der Waals surface area contributed by atoms with E-state index in [1.54, 1.807) is 4.90 Å². The Morgan fingerprint density at radius 2 is 1.74 bits per heavy atom. The van der Waals surface area contributed by atoms with Gasteiger partial charge >= 0.3 is 5.97 Å². The maximum Gasteiger partial charge on any atom is 0.304 e. The van der Waals surface area contributed by atoms with E-state index < -0.39 is 5.60 Å². The third kappa shape index (κ3) is 4.54. The van der Waals surface area contributed by atoms with Gasteiger partial charge in [0, 0.05) is 6.92 Å². The summed E-state index contributed by atoms with van der Waals surface area (Å²) in [5.74, 6) is 6.41. The van der Waals surface area contributed by atoms with Gasteiger partial charge in [0.2, 0.25) is 0 Å². The quantitative estimate of drug-likeness (QED) is 0.602. The molecule has 0 unspecified atom stereocenters. The molecule has 0 bridgehead atoms. The molecule has 0 aromatic carbocycles. The molecule has 0 atom stereocenters. The van der Waals surface area contributed by atoms with Gasteiger partial charge in [-0.3, -0.25) is 4.79 Å². The highest BCUT2D eigenvalue weighted by molar-refractivity contribution is 5.67. The molecule has 19 heavy (non-hydrogen) atoms. The summed E-state index contributed by atoms with van der Waals surface area (Å²) < 4.78 is 5.55. The van der Waals surface area contributed by atoms with Crippen molar-refractivity contribution in [2.24, 2.45) is 0 Å². The molecule has 1 aliphatic carbocycles. The molecule has 3 nitrogen and oxygen atoms in total. The third-order valence-corrected chi connectivity index (χ3v) is 4.22. The summed E-state index contributed by atoms with van der Waals surface area (Å²) >= 11 is 0. The maximum absolute atomic E-state index is 11.3. The van der Waals surface area contributed by atoms with E-state index in [-0.39, 0.29) is 5.97 Å². The highest BCUT2D eigenvalue weighted by Crippen LogP contribution is 2.31. The zero-order chi connectivity index (χ0) is 13.6. The zero-order valence-corrected chi connectivity index (χ0v) is 12.1. The molecule has 1 saturated heterocycles. The fourth-order valence-electron chi connectivity index (χ4n) is 3.21.